The zero-order chi connectivity index (χ0) is 14.9. The van der Waals surface area contributed by atoms with E-state index in [2.05, 4.69) is 26.8 Å². The lowest BCUT2D eigenvalue weighted by Crippen LogP contribution is -2.36. The third-order valence-corrected chi connectivity index (χ3v) is 3.73. The molecule has 0 aromatic heterocycles. The van der Waals surface area contributed by atoms with Crippen LogP contribution in [0.3, 0.4) is 0 Å². The molecule has 4 nitrogen and oxygen atoms in total. The first-order chi connectivity index (χ1) is 9.29. The molecule has 0 unspecified atom stereocenters. The fourth-order valence-corrected chi connectivity index (χ4v) is 2.43. The van der Waals surface area contributed by atoms with Gasteiger partial charge in [-0.25, -0.2) is 0 Å². The van der Waals surface area contributed by atoms with Crippen molar-refractivity contribution in [3.8, 4) is 5.75 Å². The van der Waals surface area contributed by atoms with Crippen molar-refractivity contribution in [2.24, 2.45) is 5.41 Å². The standard InChI is InChI=1S/C16H22N2O2/c1-16(2,3)11-6-8-18(9-7-11)15(20)13-10-12(19)4-5-14(13)17/h4-6,10,19H,7-9,17H2,1-3H3. The molecule has 0 radical (unpaired) electrons. The summed E-state index contributed by atoms with van der Waals surface area (Å²) in [6, 6.07) is 4.48. The number of phenolic OH excluding ortho intramolecular Hbond substituents is 1. The predicted molar refractivity (Wildman–Crippen MR) is 80.6 cm³/mol. The van der Waals surface area contributed by atoms with Crippen molar-refractivity contribution in [3.63, 3.8) is 0 Å². The molecule has 0 saturated carbocycles. The van der Waals surface area contributed by atoms with E-state index in [1.165, 1.54) is 17.7 Å². The molecule has 0 saturated heterocycles. The van der Waals surface area contributed by atoms with Crippen molar-refractivity contribution in [1.29, 1.82) is 0 Å². The van der Waals surface area contributed by atoms with Gasteiger partial charge in [-0.05, 0) is 30.0 Å². The van der Waals surface area contributed by atoms with E-state index in [4.69, 9.17) is 5.73 Å². The molecule has 1 heterocycles. The van der Waals surface area contributed by atoms with Crippen LogP contribution >= 0.6 is 0 Å². The summed E-state index contributed by atoms with van der Waals surface area (Å²) in [6.07, 6.45) is 3.01. The monoisotopic (exact) mass is 274 g/mol. The van der Waals surface area contributed by atoms with Crippen molar-refractivity contribution in [2.75, 3.05) is 18.8 Å². The number of nitrogens with two attached hydrogens (primary N) is 1. The van der Waals surface area contributed by atoms with Gasteiger partial charge in [0.1, 0.15) is 5.75 Å². The second kappa shape index (κ2) is 5.19. The normalized spacial score (nSPS) is 15.9. The van der Waals surface area contributed by atoms with E-state index in [-0.39, 0.29) is 17.1 Å². The molecule has 20 heavy (non-hydrogen) atoms. The molecule has 1 aromatic carbocycles. The fraction of sp³-hybridized carbons (Fsp3) is 0.438. The fourth-order valence-electron chi connectivity index (χ4n) is 2.43. The molecule has 0 spiro atoms. The Morgan fingerprint density at radius 3 is 2.60 bits per heavy atom. The minimum Gasteiger partial charge on any atom is -0.508 e. The first kappa shape index (κ1) is 14.4. The van der Waals surface area contributed by atoms with Gasteiger partial charge in [0, 0.05) is 18.8 Å². The second-order valence-corrected chi connectivity index (χ2v) is 6.25. The van der Waals surface area contributed by atoms with Crippen LogP contribution in [-0.4, -0.2) is 29.0 Å². The Morgan fingerprint density at radius 1 is 1.35 bits per heavy atom. The lowest BCUT2D eigenvalue weighted by Gasteiger charge is -2.32. The first-order valence-electron chi connectivity index (χ1n) is 6.86. The molecule has 1 aliphatic heterocycles. The number of benzene rings is 1. The zero-order valence-corrected chi connectivity index (χ0v) is 12.3. The molecular weight excluding hydrogens is 252 g/mol. The number of carbonyl (C=O) groups is 1. The van der Waals surface area contributed by atoms with Crippen LogP contribution in [0.15, 0.2) is 29.8 Å². The third-order valence-electron chi connectivity index (χ3n) is 3.73. The highest BCUT2D eigenvalue weighted by Crippen LogP contribution is 2.31. The lowest BCUT2D eigenvalue weighted by atomic mass is 9.83. The number of hydrogen-bond acceptors (Lipinski definition) is 3. The average molecular weight is 274 g/mol. The quantitative estimate of drug-likeness (QED) is 0.470. The number of aromatic hydroxyl groups is 1. The number of hydrogen-bond donors (Lipinski definition) is 2. The minimum atomic E-state index is -0.123. The first-order valence-corrected chi connectivity index (χ1v) is 6.86. The molecule has 1 aliphatic rings. The highest BCUT2D eigenvalue weighted by Gasteiger charge is 2.25. The van der Waals surface area contributed by atoms with Gasteiger partial charge in [0.15, 0.2) is 0 Å². The Balaban J connectivity index is 2.17. The van der Waals surface area contributed by atoms with E-state index >= 15 is 0 Å². The molecule has 108 valence electrons. The molecule has 0 aliphatic carbocycles. The number of phenols is 1. The van der Waals surface area contributed by atoms with Crippen LogP contribution in [-0.2, 0) is 0 Å². The Morgan fingerprint density at radius 2 is 2.05 bits per heavy atom. The van der Waals surface area contributed by atoms with E-state index in [1.54, 1.807) is 11.0 Å². The summed E-state index contributed by atoms with van der Waals surface area (Å²) in [5.41, 5.74) is 8.13. The molecule has 0 fully saturated rings. The number of anilines is 1. The lowest BCUT2D eigenvalue weighted by molar-refractivity contribution is 0.0765. The third kappa shape index (κ3) is 2.95. The molecule has 0 bridgehead atoms. The van der Waals surface area contributed by atoms with Crippen LogP contribution in [0, 0.1) is 5.41 Å². The van der Waals surface area contributed by atoms with Gasteiger partial charge in [-0.3, -0.25) is 4.79 Å². The largest absolute Gasteiger partial charge is 0.508 e. The van der Waals surface area contributed by atoms with Crippen molar-refractivity contribution >= 4 is 11.6 Å². The minimum absolute atomic E-state index is 0.0606. The second-order valence-electron chi connectivity index (χ2n) is 6.25. The zero-order valence-electron chi connectivity index (χ0n) is 12.3. The Labute approximate surface area is 119 Å². The smallest absolute Gasteiger partial charge is 0.256 e. The van der Waals surface area contributed by atoms with E-state index in [9.17, 15) is 9.90 Å². The molecule has 3 N–H and O–H groups in total. The van der Waals surface area contributed by atoms with Crippen LogP contribution in [0.25, 0.3) is 0 Å². The van der Waals surface area contributed by atoms with Gasteiger partial charge in [0.05, 0.1) is 5.56 Å². The number of rotatable bonds is 1. The summed E-state index contributed by atoms with van der Waals surface area (Å²) in [5, 5.41) is 9.50. The van der Waals surface area contributed by atoms with Crippen molar-refractivity contribution in [3.05, 3.63) is 35.4 Å². The van der Waals surface area contributed by atoms with Gasteiger partial charge in [0.2, 0.25) is 0 Å². The van der Waals surface area contributed by atoms with Crippen molar-refractivity contribution < 1.29 is 9.90 Å². The number of amides is 1. The van der Waals surface area contributed by atoms with Crippen molar-refractivity contribution in [2.45, 2.75) is 27.2 Å². The molecule has 1 amide bonds. The highest BCUT2D eigenvalue weighted by atomic mass is 16.3. The van der Waals surface area contributed by atoms with Crippen LogP contribution < -0.4 is 5.73 Å². The topological polar surface area (TPSA) is 66.6 Å². The van der Waals surface area contributed by atoms with Crippen LogP contribution in [0.5, 0.6) is 5.75 Å². The van der Waals surface area contributed by atoms with Gasteiger partial charge in [-0.15, -0.1) is 0 Å². The molecular formula is C16H22N2O2. The number of nitrogen functional groups attached to an aromatic ring is 1. The summed E-state index contributed by atoms with van der Waals surface area (Å²) < 4.78 is 0. The van der Waals surface area contributed by atoms with Crippen molar-refractivity contribution in [1.82, 2.24) is 4.90 Å². The van der Waals surface area contributed by atoms with E-state index < -0.39 is 0 Å². The van der Waals surface area contributed by atoms with Gasteiger partial charge >= 0.3 is 0 Å². The summed E-state index contributed by atoms with van der Waals surface area (Å²) >= 11 is 0. The van der Waals surface area contributed by atoms with E-state index in [0.717, 1.165) is 6.42 Å². The van der Waals surface area contributed by atoms with Gasteiger partial charge < -0.3 is 15.7 Å². The number of carbonyl (C=O) groups excluding carboxylic acids is 1. The predicted octanol–water partition coefficient (Wildman–Crippen LogP) is 2.79. The maximum atomic E-state index is 12.4. The SMILES string of the molecule is CC(C)(C)C1=CCN(C(=O)c2cc(O)ccc2N)CC1. The number of nitrogens with zero attached hydrogens (tertiary/aromatic N) is 1. The maximum absolute atomic E-state index is 12.4. The van der Waals surface area contributed by atoms with Crippen LogP contribution in [0.2, 0.25) is 0 Å². The van der Waals surface area contributed by atoms with E-state index in [1.807, 2.05) is 0 Å². The molecule has 1 aromatic rings. The molecule has 0 atom stereocenters. The Kier molecular flexibility index (Phi) is 3.75. The van der Waals surface area contributed by atoms with Gasteiger partial charge in [-0.2, -0.15) is 0 Å². The molecule has 2 rings (SSSR count). The summed E-state index contributed by atoms with van der Waals surface area (Å²) in [4.78, 5) is 14.2. The summed E-state index contributed by atoms with van der Waals surface area (Å²) in [7, 11) is 0. The Bertz CT molecular complexity index is 556. The summed E-state index contributed by atoms with van der Waals surface area (Å²) in [5.74, 6) is -0.0620. The Hall–Kier alpha value is -1.97. The maximum Gasteiger partial charge on any atom is 0.256 e. The average Bonchev–Trinajstić information content (AvgIpc) is 2.40. The van der Waals surface area contributed by atoms with Gasteiger partial charge in [0.25, 0.3) is 5.91 Å². The summed E-state index contributed by atoms with van der Waals surface area (Å²) in [6.45, 7) is 7.84. The molecule has 4 heteroatoms. The van der Waals surface area contributed by atoms with Crippen LogP contribution in [0.4, 0.5) is 5.69 Å². The highest BCUT2D eigenvalue weighted by molar-refractivity contribution is 5.99. The van der Waals surface area contributed by atoms with Crippen LogP contribution in [0.1, 0.15) is 37.6 Å². The van der Waals surface area contributed by atoms with Gasteiger partial charge in [-0.1, -0.05) is 32.4 Å². The van der Waals surface area contributed by atoms with E-state index in [0.29, 0.717) is 24.3 Å².